The summed E-state index contributed by atoms with van der Waals surface area (Å²) in [7, 11) is 6.55. The molecule has 3 aliphatic rings. The van der Waals surface area contributed by atoms with E-state index < -0.39 is 0 Å². The van der Waals surface area contributed by atoms with E-state index in [1.165, 1.54) is 84.0 Å². The molecule has 0 atom stereocenters. The molecule has 428 valence electrons. The minimum absolute atomic E-state index is 0.615. The molecule has 0 aliphatic carbocycles. The van der Waals surface area contributed by atoms with E-state index in [0.717, 1.165) is 126 Å². The Hall–Kier alpha value is -8.26. The molecule has 0 saturated heterocycles. The van der Waals surface area contributed by atoms with Crippen LogP contribution in [0.15, 0.2) is 58.8 Å². The van der Waals surface area contributed by atoms with Crippen LogP contribution in [0.4, 0.5) is 11.4 Å². The van der Waals surface area contributed by atoms with E-state index in [1.54, 1.807) is 28.4 Å². The van der Waals surface area contributed by atoms with Gasteiger partial charge in [0.1, 0.15) is 11.0 Å². The second kappa shape index (κ2) is 25.3. The van der Waals surface area contributed by atoms with E-state index in [0.29, 0.717) is 34.4 Å². The van der Waals surface area contributed by atoms with E-state index in [-0.39, 0.29) is 0 Å². The van der Waals surface area contributed by atoms with Crippen LogP contribution in [0.2, 0.25) is 0 Å². The molecule has 14 nitrogen and oxygen atoms in total. The Morgan fingerprint density at radius 2 is 0.890 bits per heavy atom. The Labute approximate surface area is 483 Å². The molecule has 0 radical (unpaired) electrons. The fraction of sp³-hybridized carbons (Fsp3) is 0.382. The Morgan fingerprint density at radius 3 is 1.38 bits per heavy atom. The number of aryl methyl sites for hydroxylation is 2. The number of aromatic nitrogens is 8. The van der Waals surface area contributed by atoms with Crippen LogP contribution in [0.3, 0.4) is 0 Å². The number of nitrogens with one attached hydrogen (secondary N) is 5. The van der Waals surface area contributed by atoms with Crippen LogP contribution in [-0.2, 0) is 44.9 Å². The summed E-state index contributed by atoms with van der Waals surface area (Å²) in [6.45, 7) is 26.4. The first-order chi connectivity index (χ1) is 39.7. The highest BCUT2D eigenvalue weighted by molar-refractivity contribution is 5.95. The van der Waals surface area contributed by atoms with Crippen LogP contribution in [0.25, 0.3) is 44.4 Å². The first-order valence-electron chi connectivity index (χ1n) is 29.3. The van der Waals surface area contributed by atoms with Gasteiger partial charge in [-0.3, -0.25) is 9.98 Å². The molecule has 0 unspecified atom stereocenters. The summed E-state index contributed by atoms with van der Waals surface area (Å²) >= 11 is 0. The molecule has 5 aromatic heterocycles. The molecule has 0 amide bonds. The molecule has 7 aromatic rings. The van der Waals surface area contributed by atoms with Crippen LogP contribution in [0.1, 0.15) is 183 Å². The highest BCUT2D eigenvalue weighted by atomic mass is 16.5. The summed E-state index contributed by atoms with van der Waals surface area (Å²) in [5.74, 6) is 2.49. The summed E-state index contributed by atoms with van der Waals surface area (Å²) < 4.78 is 22.4. The van der Waals surface area contributed by atoms with E-state index >= 15 is 0 Å². The van der Waals surface area contributed by atoms with Crippen LogP contribution < -0.4 is 23.9 Å². The van der Waals surface area contributed by atoms with Gasteiger partial charge >= 0.3 is 0 Å². The highest BCUT2D eigenvalue weighted by Gasteiger charge is 2.24. The summed E-state index contributed by atoms with van der Waals surface area (Å²) in [4.78, 5) is 43.5. The van der Waals surface area contributed by atoms with Crippen molar-refractivity contribution in [3.63, 3.8) is 0 Å². The number of benzene rings is 2. The average Bonchev–Trinajstić information content (AvgIpc) is 4.42. The number of nitrogens with zero attached hydrogens (tertiary/aromatic N) is 5. The lowest BCUT2D eigenvalue weighted by molar-refractivity contribution is -0.342. The first kappa shape index (κ1) is 58.4. The van der Waals surface area contributed by atoms with Gasteiger partial charge in [0.25, 0.3) is 0 Å². The van der Waals surface area contributed by atoms with Crippen molar-refractivity contribution in [3.05, 3.63) is 150 Å². The van der Waals surface area contributed by atoms with Gasteiger partial charge in [-0.1, -0.05) is 55.4 Å². The lowest BCUT2D eigenvalue weighted by atomic mass is 9.98. The second-order valence-electron chi connectivity index (χ2n) is 21.1. The van der Waals surface area contributed by atoms with Gasteiger partial charge < -0.3 is 38.9 Å². The molecule has 8 heterocycles. The molecule has 10 rings (SSSR count). The van der Waals surface area contributed by atoms with Gasteiger partial charge in [-0.25, -0.2) is 19.9 Å². The molecular weight excluding hydrogens is 1020 g/mol. The molecule has 12 bridgehead atoms. The predicted molar refractivity (Wildman–Crippen MR) is 336 cm³/mol. The van der Waals surface area contributed by atoms with Crippen molar-refractivity contribution in [2.24, 2.45) is 9.98 Å². The summed E-state index contributed by atoms with van der Waals surface area (Å²) in [5, 5.41) is 0. The minimum atomic E-state index is 0.615. The molecular formula is C68H83N10O4+. The van der Waals surface area contributed by atoms with Gasteiger partial charge in [-0.2, -0.15) is 0 Å². The Bertz CT molecular complexity index is 3800. The van der Waals surface area contributed by atoms with Crippen molar-refractivity contribution in [1.29, 1.82) is 0 Å². The predicted octanol–water partition coefficient (Wildman–Crippen LogP) is 15.3. The Kier molecular flexibility index (Phi) is 18.0. The van der Waals surface area contributed by atoms with Crippen molar-refractivity contribution >= 4 is 68.2 Å². The fourth-order valence-corrected chi connectivity index (χ4v) is 12.5. The van der Waals surface area contributed by atoms with E-state index in [2.05, 4.69) is 120 Å². The molecule has 0 saturated carbocycles. The summed E-state index contributed by atoms with van der Waals surface area (Å²) in [6.07, 6.45) is 16.9. The summed E-state index contributed by atoms with van der Waals surface area (Å²) in [5.41, 5.74) is 31.6. The molecule has 82 heavy (non-hydrogen) atoms. The lowest BCUT2D eigenvalue weighted by Crippen LogP contribution is -2.02. The lowest BCUT2D eigenvalue weighted by Gasteiger charge is -2.10. The number of fused-ring (bicyclic) bond motifs is 14. The molecule has 5 N–H and O–H groups in total. The first-order valence-corrected chi connectivity index (χ1v) is 29.3. The van der Waals surface area contributed by atoms with Crippen LogP contribution >= 0.6 is 0 Å². The zero-order valence-corrected chi connectivity index (χ0v) is 51.2. The topological polar surface area (TPSA) is 178 Å². The number of H-pyrrole nitrogens is 5. The van der Waals surface area contributed by atoms with Crippen LogP contribution in [0.5, 0.6) is 23.0 Å². The van der Waals surface area contributed by atoms with Gasteiger partial charge in [0, 0.05) is 59.3 Å². The van der Waals surface area contributed by atoms with E-state index in [4.69, 9.17) is 43.9 Å². The van der Waals surface area contributed by atoms with Gasteiger partial charge in [-0.15, -0.1) is 0 Å². The second-order valence-corrected chi connectivity index (χ2v) is 21.1. The minimum Gasteiger partial charge on any atom is -0.493 e. The fourth-order valence-electron chi connectivity index (χ4n) is 12.5. The molecule has 0 fully saturated rings. The van der Waals surface area contributed by atoms with Crippen molar-refractivity contribution < 1.29 is 23.9 Å². The maximum atomic E-state index is 5.60. The molecule has 2 aromatic carbocycles. The van der Waals surface area contributed by atoms with Gasteiger partial charge in [0.2, 0.25) is 5.52 Å². The van der Waals surface area contributed by atoms with Crippen molar-refractivity contribution in [3.8, 4) is 23.0 Å². The number of ether oxygens (including phenoxy) is 4. The van der Waals surface area contributed by atoms with Crippen molar-refractivity contribution in [1.82, 2.24) is 34.9 Å². The normalized spacial score (nSPS) is 13.0. The monoisotopic (exact) mass is 1100 g/mol. The average molecular weight is 1100 g/mol. The molecule has 14 heteroatoms. The van der Waals surface area contributed by atoms with Gasteiger partial charge in [0.05, 0.1) is 98.7 Å². The van der Waals surface area contributed by atoms with Crippen LogP contribution in [-0.4, -0.2) is 75.8 Å². The zero-order chi connectivity index (χ0) is 58.5. The Morgan fingerprint density at radius 1 is 0.439 bits per heavy atom. The largest absolute Gasteiger partial charge is 0.493 e. The number of rotatable bonds is 12. The van der Waals surface area contributed by atoms with Crippen molar-refractivity contribution in [2.75, 3.05) is 28.4 Å². The molecule has 3 aliphatic heterocycles. The number of aliphatic imine (C=N–C) groups is 2. The summed E-state index contributed by atoms with van der Waals surface area (Å²) in [6, 6.07) is 12.0. The number of allylic oxidation sites excluding steroid dienone is 4. The number of aromatic amines is 5. The standard InChI is InChI=1S/C34H43N5O2.C34H39N5O2/c2*1-9-21-19(5)31-17-35-29-15-33(40-7)34(41-8)16-30(29)36-18-32-20(6)22(10-2)26(39-32)14-28-24(12-4)23(11-3)27(37-28)13-25(21)38-31/h15-18,37-39H,9-14H2,1-8H3;13-18,38H,9-12H2,1-8H3/p+1. The Balaban J connectivity index is 0.000000198. The molecule has 0 spiro atoms. The number of hydrogen-bond acceptors (Lipinski definition) is 9. The highest BCUT2D eigenvalue weighted by Crippen LogP contribution is 2.41. The maximum Gasteiger partial charge on any atom is 0.233 e. The van der Waals surface area contributed by atoms with Gasteiger partial charge in [0.15, 0.2) is 29.2 Å². The number of methoxy groups -OCH3 is 4. The van der Waals surface area contributed by atoms with E-state index in [1.807, 2.05) is 49.1 Å². The quantitative estimate of drug-likeness (QED) is 0.0940. The van der Waals surface area contributed by atoms with E-state index in [9.17, 15) is 0 Å². The van der Waals surface area contributed by atoms with Crippen molar-refractivity contribution in [2.45, 2.75) is 147 Å². The van der Waals surface area contributed by atoms with Crippen LogP contribution in [0, 0.1) is 20.8 Å². The maximum absolute atomic E-state index is 5.60. The smallest absolute Gasteiger partial charge is 0.233 e. The third-order valence-electron chi connectivity index (χ3n) is 16.9. The third kappa shape index (κ3) is 11.1. The third-order valence-corrected chi connectivity index (χ3v) is 16.9. The zero-order valence-electron chi connectivity index (χ0n) is 51.2. The van der Waals surface area contributed by atoms with Gasteiger partial charge in [-0.05, 0) is 158 Å². The SMILES string of the molecule is CCC1=C(C)c2cnc3cc(OC)c(OC)cc3[nH+]cc3[nH]c(cc4nc(cc1n2)C(CC)=C4CC)c(CC)c3C.CCc1c2[nH]c(c1C)C=Nc1cc(OC)c(OC)cc1N=Cc1[nH]c(c(CC)c1C)Cc1[nH]c(c(CC)c1CC)C2. The number of hydrogen-bond donors (Lipinski definition) is 4.